The number of ether oxygens (including phenoxy) is 1. The first-order valence-corrected chi connectivity index (χ1v) is 8.08. The number of rotatable bonds is 6. The number of anilines is 1. The number of hydrogen-bond acceptors (Lipinski definition) is 5. The van der Waals surface area contributed by atoms with Crippen molar-refractivity contribution >= 4 is 21.7 Å². The van der Waals surface area contributed by atoms with E-state index in [0.717, 1.165) is 19.1 Å². The van der Waals surface area contributed by atoms with Gasteiger partial charge in [-0.3, -0.25) is 0 Å². The van der Waals surface area contributed by atoms with Crippen LogP contribution >= 0.6 is 0 Å². The zero-order valence-electron chi connectivity index (χ0n) is 11.4. The van der Waals surface area contributed by atoms with Gasteiger partial charge in [-0.1, -0.05) is 0 Å². The van der Waals surface area contributed by atoms with E-state index in [0.29, 0.717) is 25.5 Å². The summed E-state index contributed by atoms with van der Waals surface area (Å²) >= 11 is 0. The average molecular weight is 314 g/mol. The fourth-order valence-corrected chi connectivity index (χ4v) is 3.37. The van der Waals surface area contributed by atoms with Gasteiger partial charge < -0.3 is 15.6 Å². The molecule has 1 aliphatic heterocycles. The molecule has 0 radical (unpaired) electrons. The molecule has 0 aliphatic carbocycles. The number of carboxylic acid groups (broad SMARTS) is 1. The predicted molar refractivity (Wildman–Crippen MR) is 76.5 cm³/mol. The Hall–Kier alpha value is -1.64. The number of aromatic carboxylic acids is 1. The highest BCUT2D eigenvalue weighted by Gasteiger charge is 2.20. The summed E-state index contributed by atoms with van der Waals surface area (Å²) in [6, 6.07) is 3.57. The fraction of sp³-hybridized carbons (Fsp3) is 0.462. The summed E-state index contributed by atoms with van der Waals surface area (Å²) < 4.78 is 32.0. The lowest BCUT2D eigenvalue weighted by molar-refractivity contribution is 0.0697. The number of benzene rings is 1. The van der Waals surface area contributed by atoms with Crippen LogP contribution in [0.3, 0.4) is 0 Å². The van der Waals surface area contributed by atoms with Gasteiger partial charge in [0, 0.05) is 19.8 Å². The van der Waals surface area contributed by atoms with Crippen LogP contribution in [0.5, 0.6) is 0 Å². The second-order valence-electron chi connectivity index (χ2n) is 4.97. The molecule has 1 heterocycles. The maximum absolute atomic E-state index is 12.1. The van der Waals surface area contributed by atoms with E-state index >= 15 is 0 Å². The number of nitrogen functional groups attached to an aromatic ring is 1. The molecule has 0 amide bonds. The van der Waals surface area contributed by atoms with Crippen LogP contribution in [0.1, 0.15) is 23.2 Å². The van der Waals surface area contributed by atoms with Crippen molar-refractivity contribution < 1.29 is 23.1 Å². The highest BCUT2D eigenvalue weighted by Crippen LogP contribution is 2.20. The molecule has 116 valence electrons. The Morgan fingerprint density at radius 3 is 2.81 bits per heavy atom. The minimum Gasteiger partial charge on any atom is -0.478 e. The van der Waals surface area contributed by atoms with Crippen molar-refractivity contribution in [1.29, 1.82) is 0 Å². The largest absolute Gasteiger partial charge is 0.478 e. The number of hydrogen-bond donors (Lipinski definition) is 3. The molecule has 0 bridgehead atoms. The second-order valence-corrected chi connectivity index (χ2v) is 6.71. The maximum atomic E-state index is 12.1. The van der Waals surface area contributed by atoms with Gasteiger partial charge >= 0.3 is 5.97 Å². The van der Waals surface area contributed by atoms with Crippen LogP contribution in [0.25, 0.3) is 0 Å². The topological polar surface area (TPSA) is 119 Å². The Balaban J connectivity index is 2.03. The quantitative estimate of drug-likeness (QED) is 0.664. The summed E-state index contributed by atoms with van der Waals surface area (Å²) in [5.41, 5.74) is 5.51. The van der Waals surface area contributed by atoms with Crippen molar-refractivity contribution in [3.05, 3.63) is 23.8 Å². The smallest absolute Gasteiger partial charge is 0.335 e. The van der Waals surface area contributed by atoms with Gasteiger partial charge in [-0.05, 0) is 37.0 Å². The molecule has 1 aromatic carbocycles. The van der Waals surface area contributed by atoms with Gasteiger partial charge in [-0.15, -0.1) is 0 Å². The van der Waals surface area contributed by atoms with Crippen molar-refractivity contribution in [3.63, 3.8) is 0 Å². The fourth-order valence-electron chi connectivity index (χ4n) is 2.21. The third kappa shape index (κ3) is 3.93. The van der Waals surface area contributed by atoms with E-state index in [2.05, 4.69) is 4.72 Å². The molecule has 2 rings (SSSR count). The summed E-state index contributed by atoms with van der Waals surface area (Å²) in [6.45, 7) is 1.69. The second kappa shape index (κ2) is 6.42. The normalized spacial score (nSPS) is 18.8. The van der Waals surface area contributed by atoms with E-state index in [1.807, 2.05) is 0 Å². The molecule has 1 atom stereocenters. The molecule has 0 saturated carbocycles. The van der Waals surface area contributed by atoms with Crippen LogP contribution in [0.4, 0.5) is 5.69 Å². The standard InChI is InChI=1S/C13H18N2O5S/c14-11-7-10(13(16)17)1-2-12(11)21(18,19)15-5-3-9-4-6-20-8-9/h1-2,7,9,15H,3-6,8,14H2,(H,16,17). The number of sulfonamides is 1. The van der Waals surface area contributed by atoms with Crippen LogP contribution in [0, 0.1) is 5.92 Å². The van der Waals surface area contributed by atoms with Gasteiger partial charge in [0.05, 0.1) is 11.3 Å². The predicted octanol–water partition coefficient (Wildman–Crippen LogP) is 0.672. The Bertz CT molecular complexity index is 623. The van der Waals surface area contributed by atoms with Gasteiger partial charge in [-0.25, -0.2) is 17.9 Å². The van der Waals surface area contributed by atoms with Gasteiger partial charge in [0.15, 0.2) is 0 Å². The van der Waals surface area contributed by atoms with Crippen molar-refractivity contribution in [2.24, 2.45) is 5.92 Å². The lowest BCUT2D eigenvalue weighted by Gasteiger charge is -2.11. The van der Waals surface area contributed by atoms with Crippen LogP contribution in [0.15, 0.2) is 23.1 Å². The first-order valence-electron chi connectivity index (χ1n) is 6.60. The first kappa shape index (κ1) is 15.7. The monoisotopic (exact) mass is 314 g/mol. The third-order valence-electron chi connectivity index (χ3n) is 3.41. The summed E-state index contributed by atoms with van der Waals surface area (Å²) in [5, 5.41) is 8.83. The highest BCUT2D eigenvalue weighted by atomic mass is 32.2. The average Bonchev–Trinajstić information content (AvgIpc) is 2.91. The van der Waals surface area contributed by atoms with Crippen molar-refractivity contribution in [1.82, 2.24) is 4.72 Å². The maximum Gasteiger partial charge on any atom is 0.335 e. The minimum atomic E-state index is -3.73. The third-order valence-corrected chi connectivity index (χ3v) is 4.95. The summed E-state index contributed by atoms with van der Waals surface area (Å²) in [5.74, 6) is -0.778. The van der Waals surface area contributed by atoms with E-state index in [1.165, 1.54) is 12.1 Å². The SMILES string of the molecule is Nc1cc(C(=O)O)ccc1S(=O)(=O)NCCC1CCOC1. The lowest BCUT2D eigenvalue weighted by atomic mass is 10.1. The zero-order chi connectivity index (χ0) is 15.5. The summed E-state index contributed by atoms with van der Waals surface area (Å²) in [7, 11) is -3.73. The molecule has 0 aromatic heterocycles. The van der Waals surface area contributed by atoms with Crippen molar-refractivity contribution in [2.45, 2.75) is 17.7 Å². The van der Waals surface area contributed by atoms with E-state index in [9.17, 15) is 13.2 Å². The van der Waals surface area contributed by atoms with Crippen LogP contribution in [0.2, 0.25) is 0 Å². The van der Waals surface area contributed by atoms with Gasteiger partial charge in [0.1, 0.15) is 4.90 Å². The molecule has 7 nitrogen and oxygen atoms in total. The molecule has 21 heavy (non-hydrogen) atoms. The zero-order valence-corrected chi connectivity index (χ0v) is 12.2. The molecule has 1 fully saturated rings. The minimum absolute atomic E-state index is 0.0467. The van der Waals surface area contributed by atoms with E-state index in [4.69, 9.17) is 15.6 Å². The van der Waals surface area contributed by atoms with Crippen LogP contribution in [-0.4, -0.2) is 39.3 Å². The number of nitrogens with two attached hydrogens (primary N) is 1. The molecule has 4 N–H and O–H groups in total. The molecule has 1 aromatic rings. The number of carbonyl (C=O) groups is 1. The molecule has 0 spiro atoms. The van der Waals surface area contributed by atoms with Crippen LogP contribution in [-0.2, 0) is 14.8 Å². The highest BCUT2D eigenvalue weighted by molar-refractivity contribution is 7.89. The molecular formula is C13H18N2O5S. The Morgan fingerprint density at radius 1 is 1.48 bits per heavy atom. The molecule has 1 unspecified atom stereocenters. The molecular weight excluding hydrogens is 296 g/mol. The van der Waals surface area contributed by atoms with E-state index in [-0.39, 0.29) is 16.1 Å². The van der Waals surface area contributed by atoms with Gasteiger partial charge in [0.2, 0.25) is 10.0 Å². The number of nitrogens with one attached hydrogen (secondary N) is 1. The Kier molecular flexibility index (Phi) is 4.81. The number of carboxylic acids is 1. The van der Waals surface area contributed by atoms with E-state index in [1.54, 1.807) is 0 Å². The molecule has 8 heteroatoms. The van der Waals surface area contributed by atoms with Gasteiger partial charge in [0.25, 0.3) is 0 Å². The van der Waals surface area contributed by atoms with Crippen molar-refractivity contribution in [3.8, 4) is 0 Å². The Morgan fingerprint density at radius 2 is 2.24 bits per heavy atom. The lowest BCUT2D eigenvalue weighted by Crippen LogP contribution is -2.27. The van der Waals surface area contributed by atoms with Gasteiger partial charge in [-0.2, -0.15) is 0 Å². The Labute approximate surface area is 123 Å². The van der Waals surface area contributed by atoms with Crippen molar-refractivity contribution in [2.75, 3.05) is 25.5 Å². The summed E-state index contributed by atoms with van der Waals surface area (Å²) in [4.78, 5) is 10.7. The molecule has 1 aliphatic rings. The van der Waals surface area contributed by atoms with E-state index < -0.39 is 16.0 Å². The first-order chi connectivity index (χ1) is 9.90. The van der Waals surface area contributed by atoms with Crippen LogP contribution < -0.4 is 10.5 Å². The molecule has 1 saturated heterocycles. The summed E-state index contributed by atoms with van der Waals surface area (Å²) in [6.07, 6.45) is 1.64.